The van der Waals surface area contributed by atoms with Crippen LogP contribution in [0.4, 0.5) is 5.69 Å². The number of halogens is 2. The van der Waals surface area contributed by atoms with Gasteiger partial charge in [0.15, 0.2) is 0 Å². The maximum Gasteiger partial charge on any atom is 0.326 e. The molecule has 0 aliphatic carbocycles. The number of hydrogen-bond acceptors (Lipinski definition) is 6. The molecule has 0 fully saturated rings. The molecular weight excluding hydrogens is 429 g/mol. The lowest BCUT2D eigenvalue weighted by Crippen LogP contribution is -2.37. The molecule has 152 valence electrons. The first kappa shape index (κ1) is 22.1. The van der Waals surface area contributed by atoms with Crippen LogP contribution in [0.1, 0.15) is 6.92 Å². The first-order valence-electron chi connectivity index (χ1n) is 8.10. The van der Waals surface area contributed by atoms with E-state index in [1.165, 1.54) is 44.6 Å². The Morgan fingerprint density at radius 1 is 1.04 bits per heavy atom. The predicted molar refractivity (Wildman–Crippen MR) is 107 cm³/mol. The summed E-state index contributed by atoms with van der Waals surface area (Å²) in [6, 6.07) is 8.47. The molecule has 0 aliphatic heterocycles. The second-order valence-electron chi connectivity index (χ2n) is 5.43. The van der Waals surface area contributed by atoms with E-state index < -0.39 is 22.5 Å². The lowest BCUT2D eigenvalue weighted by Gasteiger charge is -2.25. The van der Waals surface area contributed by atoms with E-state index in [2.05, 4.69) is 0 Å². The molecule has 2 rings (SSSR count). The highest BCUT2D eigenvalue weighted by Gasteiger charge is 2.31. The van der Waals surface area contributed by atoms with Crippen molar-refractivity contribution in [2.75, 3.05) is 31.7 Å². The van der Waals surface area contributed by atoms with E-state index in [9.17, 15) is 13.2 Å². The van der Waals surface area contributed by atoms with Crippen LogP contribution in [0, 0.1) is 0 Å². The molecule has 0 N–H and O–H groups in total. The lowest BCUT2D eigenvalue weighted by atomic mass is 10.2. The number of methoxy groups -OCH3 is 2. The van der Waals surface area contributed by atoms with Crippen molar-refractivity contribution >= 4 is 44.9 Å². The first-order valence-corrected chi connectivity index (χ1v) is 10.3. The van der Waals surface area contributed by atoms with Crippen LogP contribution in [0.25, 0.3) is 0 Å². The number of rotatable bonds is 8. The minimum atomic E-state index is -4.21. The third-order valence-electron chi connectivity index (χ3n) is 3.71. The number of nitrogens with zero attached hydrogens (tertiary/aromatic N) is 1. The molecule has 0 radical (unpaired) electrons. The normalized spacial score (nSPS) is 11.0. The second-order valence-corrected chi connectivity index (χ2v) is 8.11. The van der Waals surface area contributed by atoms with Crippen LogP contribution in [0.2, 0.25) is 10.0 Å². The largest absolute Gasteiger partial charge is 0.497 e. The van der Waals surface area contributed by atoms with Gasteiger partial charge in [-0.25, -0.2) is 8.42 Å². The minimum Gasteiger partial charge on any atom is -0.497 e. The summed E-state index contributed by atoms with van der Waals surface area (Å²) in [6.45, 7) is 1.16. The third kappa shape index (κ3) is 4.81. The van der Waals surface area contributed by atoms with E-state index in [4.69, 9.17) is 37.4 Å². The van der Waals surface area contributed by atoms with Crippen molar-refractivity contribution in [1.29, 1.82) is 0 Å². The van der Waals surface area contributed by atoms with E-state index in [1.54, 1.807) is 13.0 Å². The smallest absolute Gasteiger partial charge is 0.326 e. The van der Waals surface area contributed by atoms with Crippen molar-refractivity contribution in [1.82, 2.24) is 0 Å². The molecule has 2 aromatic carbocycles. The number of carbonyl (C=O) groups excluding carboxylic acids is 1. The van der Waals surface area contributed by atoms with Crippen molar-refractivity contribution in [3.63, 3.8) is 0 Å². The Hall–Kier alpha value is -2.16. The number of benzene rings is 2. The first-order chi connectivity index (χ1) is 13.2. The SMILES string of the molecule is CCOC(=O)CN(c1cc(OC)ccc1OC)S(=O)(=O)c1ccc(Cl)c(Cl)c1. The standard InChI is InChI=1S/C18H19Cl2NO6S/c1-4-27-18(22)11-21(16-9-12(25-2)5-8-17(16)26-3)28(23,24)13-6-7-14(19)15(20)10-13/h5-10H,4,11H2,1-3H3. The Balaban J connectivity index is 2.65. The summed E-state index contributed by atoms with van der Waals surface area (Å²) < 4.78 is 42.9. The molecule has 0 aliphatic rings. The van der Waals surface area contributed by atoms with Gasteiger partial charge in [-0.1, -0.05) is 23.2 Å². The number of ether oxygens (including phenoxy) is 3. The van der Waals surface area contributed by atoms with Gasteiger partial charge in [0.25, 0.3) is 10.0 Å². The van der Waals surface area contributed by atoms with Gasteiger partial charge in [0, 0.05) is 6.07 Å². The van der Waals surface area contributed by atoms with Gasteiger partial charge in [-0.3, -0.25) is 9.10 Å². The molecule has 0 aromatic heterocycles. The highest BCUT2D eigenvalue weighted by atomic mass is 35.5. The Labute approximate surface area is 173 Å². The Bertz CT molecular complexity index is 965. The number of hydrogen-bond donors (Lipinski definition) is 0. The minimum absolute atomic E-state index is 0.0661. The van der Waals surface area contributed by atoms with Gasteiger partial charge in [-0.15, -0.1) is 0 Å². The van der Waals surface area contributed by atoms with Crippen molar-refractivity contribution < 1.29 is 27.4 Å². The molecule has 0 bridgehead atoms. The summed E-state index contributed by atoms with van der Waals surface area (Å²) in [5.74, 6) is -0.112. The fourth-order valence-electron chi connectivity index (χ4n) is 2.38. The summed E-state index contributed by atoms with van der Waals surface area (Å²) >= 11 is 11.9. The Kier molecular flexibility index (Phi) is 7.40. The van der Waals surface area contributed by atoms with Crippen LogP contribution >= 0.6 is 23.2 Å². The maximum atomic E-state index is 13.3. The molecule has 10 heteroatoms. The zero-order valence-electron chi connectivity index (χ0n) is 15.4. The quantitative estimate of drug-likeness (QED) is 0.572. The molecule has 7 nitrogen and oxygen atoms in total. The van der Waals surface area contributed by atoms with Crippen LogP contribution in [-0.2, 0) is 19.6 Å². The monoisotopic (exact) mass is 447 g/mol. The fraction of sp³-hybridized carbons (Fsp3) is 0.278. The Morgan fingerprint density at radius 3 is 2.32 bits per heavy atom. The Morgan fingerprint density at radius 2 is 1.75 bits per heavy atom. The van der Waals surface area contributed by atoms with Crippen molar-refractivity contribution in [2.24, 2.45) is 0 Å². The highest BCUT2D eigenvalue weighted by Crippen LogP contribution is 2.36. The third-order valence-corrected chi connectivity index (χ3v) is 6.21. The summed E-state index contributed by atoms with van der Waals surface area (Å²) in [5, 5.41) is 0.271. The van der Waals surface area contributed by atoms with Gasteiger partial charge >= 0.3 is 5.97 Å². The van der Waals surface area contributed by atoms with E-state index >= 15 is 0 Å². The molecular formula is C18H19Cl2NO6S. The topological polar surface area (TPSA) is 82.1 Å². The molecule has 0 heterocycles. The summed E-state index contributed by atoms with van der Waals surface area (Å²) in [7, 11) is -1.38. The van der Waals surface area contributed by atoms with E-state index in [1.807, 2.05) is 0 Å². The average Bonchev–Trinajstić information content (AvgIpc) is 2.67. The fourth-order valence-corrected chi connectivity index (χ4v) is 4.18. The zero-order valence-corrected chi connectivity index (χ0v) is 17.8. The molecule has 0 atom stereocenters. The van der Waals surface area contributed by atoms with Gasteiger partial charge in [-0.2, -0.15) is 0 Å². The van der Waals surface area contributed by atoms with Crippen LogP contribution in [-0.4, -0.2) is 41.8 Å². The number of carbonyl (C=O) groups is 1. The van der Waals surface area contributed by atoms with Crippen LogP contribution in [0.3, 0.4) is 0 Å². The van der Waals surface area contributed by atoms with Gasteiger partial charge in [0.1, 0.15) is 18.0 Å². The molecule has 0 saturated heterocycles. The highest BCUT2D eigenvalue weighted by molar-refractivity contribution is 7.92. The van der Waals surface area contributed by atoms with Gasteiger partial charge < -0.3 is 14.2 Å². The number of anilines is 1. The van der Waals surface area contributed by atoms with Crippen LogP contribution in [0.15, 0.2) is 41.3 Å². The average molecular weight is 448 g/mol. The number of sulfonamides is 1. The predicted octanol–water partition coefficient (Wildman–Crippen LogP) is 3.77. The molecule has 0 amide bonds. The van der Waals surface area contributed by atoms with E-state index in [-0.39, 0.29) is 33.0 Å². The van der Waals surface area contributed by atoms with E-state index in [0.717, 1.165) is 4.31 Å². The van der Waals surface area contributed by atoms with Crippen molar-refractivity contribution in [3.8, 4) is 11.5 Å². The maximum absolute atomic E-state index is 13.3. The van der Waals surface area contributed by atoms with Crippen LogP contribution in [0.5, 0.6) is 11.5 Å². The molecule has 0 saturated carbocycles. The molecule has 28 heavy (non-hydrogen) atoms. The van der Waals surface area contributed by atoms with Crippen molar-refractivity contribution in [2.45, 2.75) is 11.8 Å². The van der Waals surface area contributed by atoms with Crippen LogP contribution < -0.4 is 13.8 Å². The molecule has 0 spiro atoms. The number of esters is 1. The van der Waals surface area contributed by atoms with Gasteiger partial charge in [0.05, 0.1) is 41.5 Å². The molecule has 2 aromatic rings. The summed E-state index contributed by atoms with van der Waals surface area (Å²) in [6.07, 6.45) is 0. The van der Waals surface area contributed by atoms with Crippen molar-refractivity contribution in [3.05, 3.63) is 46.4 Å². The van der Waals surface area contributed by atoms with Gasteiger partial charge in [0.2, 0.25) is 0 Å². The van der Waals surface area contributed by atoms with E-state index in [0.29, 0.717) is 5.75 Å². The molecule has 0 unspecified atom stereocenters. The summed E-state index contributed by atoms with van der Waals surface area (Å²) in [5.41, 5.74) is 0.112. The second kappa shape index (κ2) is 9.36. The lowest BCUT2D eigenvalue weighted by molar-refractivity contribution is -0.141. The van der Waals surface area contributed by atoms with Gasteiger partial charge in [-0.05, 0) is 37.3 Å². The summed E-state index contributed by atoms with van der Waals surface area (Å²) in [4.78, 5) is 12.0. The zero-order chi connectivity index (χ0) is 20.9.